The Labute approximate surface area is 197 Å². The van der Waals surface area contributed by atoms with Crippen molar-refractivity contribution < 1.29 is 12.8 Å². The minimum atomic E-state index is -3.96. The molecule has 0 spiro atoms. The minimum Gasteiger partial charge on any atom is -0.340 e. The van der Waals surface area contributed by atoms with E-state index in [-0.39, 0.29) is 17.4 Å². The molecule has 1 atom stereocenters. The molecule has 2 aliphatic rings. The van der Waals surface area contributed by atoms with Crippen LogP contribution in [0.4, 0.5) is 4.39 Å². The molecular weight excluding hydrogens is 453 g/mol. The van der Waals surface area contributed by atoms with Crippen LogP contribution in [0.15, 0.2) is 41.7 Å². The van der Waals surface area contributed by atoms with E-state index in [1.807, 2.05) is 12.1 Å². The lowest BCUT2D eigenvalue weighted by molar-refractivity contribution is 0.221. The minimum absolute atomic E-state index is 0.0154. The summed E-state index contributed by atoms with van der Waals surface area (Å²) in [6.45, 7) is 2.44. The Morgan fingerprint density at radius 1 is 1.18 bits per heavy atom. The highest BCUT2D eigenvalue weighted by molar-refractivity contribution is 7.89. The Morgan fingerprint density at radius 2 is 2.00 bits per heavy atom. The maximum atomic E-state index is 14.2. The van der Waals surface area contributed by atoms with Gasteiger partial charge < -0.3 is 4.98 Å². The van der Waals surface area contributed by atoms with Gasteiger partial charge in [0.15, 0.2) is 0 Å². The Hall–Kier alpha value is -2.91. The number of pyridine rings is 2. The number of sulfonamides is 1. The van der Waals surface area contributed by atoms with Crippen LogP contribution in [-0.2, 0) is 22.9 Å². The van der Waals surface area contributed by atoms with Crippen molar-refractivity contribution in [1.29, 1.82) is 0 Å². The molecule has 34 heavy (non-hydrogen) atoms. The third-order valence-corrected chi connectivity index (χ3v) is 8.27. The van der Waals surface area contributed by atoms with Crippen LogP contribution in [0.3, 0.4) is 0 Å². The number of benzene rings is 1. The second-order valence-corrected chi connectivity index (χ2v) is 11.8. The SMILES string of the molecule is CC(C)(F)CNS(=O)(=O)c1c2c(cc3cnc(C4CC4)cc13)CC(c1nc3ccncc3[nH]1)C2. The summed E-state index contributed by atoms with van der Waals surface area (Å²) in [6, 6.07) is 5.83. The molecule has 9 heteroatoms. The molecule has 0 bridgehead atoms. The smallest absolute Gasteiger partial charge is 0.241 e. The molecular formula is C25H26FN5O2S. The molecule has 1 saturated carbocycles. The van der Waals surface area contributed by atoms with Gasteiger partial charge in [-0.3, -0.25) is 9.97 Å². The Balaban J connectivity index is 1.48. The lowest BCUT2D eigenvalue weighted by atomic mass is 10.0. The fraction of sp³-hybridized carbons (Fsp3) is 0.400. The number of nitrogens with zero attached hydrogens (tertiary/aromatic N) is 3. The Kier molecular flexibility index (Phi) is 4.80. The van der Waals surface area contributed by atoms with E-state index < -0.39 is 15.7 Å². The first-order valence-electron chi connectivity index (χ1n) is 11.6. The number of imidazole rings is 1. The monoisotopic (exact) mass is 479 g/mol. The molecule has 6 rings (SSSR count). The van der Waals surface area contributed by atoms with Gasteiger partial charge in [0.2, 0.25) is 10.0 Å². The Bertz CT molecular complexity index is 1500. The second kappa shape index (κ2) is 7.55. The summed E-state index contributed by atoms with van der Waals surface area (Å²) in [5, 5.41) is 1.45. The molecule has 1 fully saturated rings. The number of aromatic nitrogens is 4. The van der Waals surface area contributed by atoms with Crippen LogP contribution in [-0.4, -0.2) is 40.6 Å². The van der Waals surface area contributed by atoms with Crippen molar-refractivity contribution in [3.8, 4) is 0 Å². The van der Waals surface area contributed by atoms with Gasteiger partial charge in [0.05, 0.1) is 22.1 Å². The quantitative estimate of drug-likeness (QED) is 0.430. The van der Waals surface area contributed by atoms with Gasteiger partial charge in [-0.05, 0) is 68.9 Å². The van der Waals surface area contributed by atoms with Crippen molar-refractivity contribution >= 4 is 31.8 Å². The van der Waals surface area contributed by atoms with Gasteiger partial charge in [0, 0.05) is 47.2 Å². The number of alkyl halides is 1. The number of hydrogen-bond donors (Lipinski definition) is 2. The number of H-pyrrole nitrogens is 1. The third-order valence-electron chi connectivity index (χ3n) is 6.74. The summed E-state index contributed by atoms with van der Waals surface area (Å²) >= 11 is 0. The molecule has 176 valence electrons. The highest BCUT2D eigenvalue weighted by Gasteiger charge is 2.35. The summed E-state index contributed by atoms with van der Waals surface area (Å²) in [5.41, 5.74) is 2.71. The summed E-state index contributed by atoms with van der Waals surface area (Å²) in [6.07, 6.45) is 8.57. The molecule has 1 unspecified atom stereocenters. The van der Waals surface area contributed by atoms with E-state index in [1.165, 1.54) is 13.8 Å². The number of halogens is 1. The first-order valence-corrected chi connectivity index (χ1v) is 13.1. The number of nitrogens with one attached hydrogen (secondary N) is 2. The third kappa shape index (κ3) is 3.86. The van der Waals surface area contributed by atoms with E-state index in [0.29, 0.717) is 24.1 Å². The van der Waals surface area contributed by atoms with Crippen LogP contribution in [0.25, 0.3) is 21.8 Å². The molecule has 0 amide bonds. The highest BCUT2D eigenvalue weighted by atomic mass is 32.2. The number of aromatic amines is 1. The van der Waals surface area contributed by atoms with Crippen LogP contribution in [0, 0.1) is 0 Å². The van der Waals surface area contributed by atoms with Crippen LogP contribution in [0.2, 0.25) is 0 Å². The average Bonchev–Trinajstić information content (AvgIpc) is 3.41. The van der Waals surface area contributed by atoms with Crippen molar-refractivity contribution in [3.05, 3.63) is 59.4 Å². The summed E-state index contributed by atoms with van der Waals surface area (Å²) in [7, 11) is -3.96. The van der Waals surface area contributed by atoms with Crippen LogP contribution in [0.1, 0.15) is 61.2 Å². The zero-order chi connectivity index (χ0) is 23.7. The zero-order valence-electron chi connectivity index (χ0n) is 19.1. The van der Waals surface area contributed by atoms with Gasteiger partial charge in [-0.15, -0.1) is 0 Å². The van der Waals surface area contributed by atoms with Gasteiger partial charge in [-0.2, -0.15) is 0 Å². The molecule has 3 heterocycles. The average molecular weight is 480 g/mol. The van der Waals surface area contributed by atoms with E-state index >= 15 is 0 Å². The van der Waals surface area contributed by atoms with Crippen molar-refractivity contribution in [1.82, 2.24) is 24.7 Å². The predicted octanol–water partition coefficient (Wildman–Crippen LogP) is 4.29. The number of fused-ring (bicyclic) bond motifs is 3. The van der Waals surface area contributed by atoms with Crippen molar-refractivity contribution in [2.45, 2.75) is 61.9 Å². The molecule has 4 aromatic rings. The maximum absolute atomic E-state index is 14.2. The second-order valence-electron chi connectivity index (χ2n) is 10.1. The predicted molar refractivity (Wildman–Crippen MR) is 128 cm³/mol. The molecule has 2 aliphatic carbocycles. The van der Waals surface area contributed by atoms with Gasteiger partial charge in [-0.25, -0.2) is 22.5 Å². The molecule has 7 nitrogen and oxygen atoms in total. The zero-order valence-corrected chi connectivity index (χ0v) is 19.9. The molecule has 0 saturated heterocycles. The summed E-state index contributed by atoms with van der Waals surface area (Å²) < 4.78 is 44.0. The summed E-state index contributed by atoms with van der Waals surface area (Å²) in [5.74, 6) is 1.23. The summed E-state index contributed by atoms with van der Waals surface area (Å²) in [4.78, 5) is 17.1. The number of rotatable bonds is 6. The van der Waals surface area contributed by atoms with E-state index in [1.54, 1.807) is 18.6 Å². The molecule has 1 aromatic carbocycles. The first-order chi connectivity index (χ1) is 16.2. The number of hydrogen-bond acceptors (Lipinski definition) is 5. The highest BCUT2D eigenvalue weighted by Crippen LogP contribution is 2.43. The molecule has 2 N–H and O–H groups in total. The van der Waals surface area contributed by atoms with E-state index in [4.69, 9.17) is 4.98 Å². The van der Waals surface area contributed by atoms with Gasteiger partial charge >= 0.3 is 0 Å². The van der Waals surface area contributed by atoms with Crippen LogP contribution >= 0.6 is 0 Å². The van der Waals surface area contributed by atoms with Gasteiger partial charge in [0.25, 0.3) is 0 Å². The van der Waals surface area contributed by atoms with Crippen LogP contribution < -0.4 is 4.72 Å². The maximum Gasteiger partial charge on any atom is 0.241 e. The van der Waals surface area contributed by atoms with Crippen LogP contribution in [0.5, 0.6) is 0 Å². The van der Waals surface area contributed by atoms with Crippen molar-refractivity contribution in [2.24, 2.45) is 0 Å². The molecule has 0 radical (unpaired) electrons. The normalized spacial score (nSPS) is 18.6. The standard InChI is InChI=1S/C25H26FN5O2S/c1-25(2,26)13-29-34(32,33)23-18-9-16(24-30-20-5-6-27-12-22(20)31-24)7-15(18)8-17-11-28-21(10-19(17)23)14-3-4-14/h5-6,8,10-12,14,16,29H,3-4,7,9,13H2,1-2H3,(H,30,31). The Morgan fingerprint density at radius 3 is 2.74 bits per heavy atom. The van der Waals surface area contributed by atoms with Gasteiger partial charge in [0.1, 0.15) is 11.5 Å². The molecule has 0 aliphatic heterocycles. The van der Waals surface area contributed by atoms with Crippen molar-refractivity contribution in [2.75, 3.05) is 6.54 Å². The van der Waals surface area contributed by atoms with Gasteiger partial charge in [-0.1, -0.05) is 0 Å². The topological polar surface area (TPSA) is 101 Å². The van der Waals surface area contributed by atoms with E-state index in [9.17, 15) is 12.8 Å². The van der Waals surface area contributed by atoms with Crippen molar-refractivity contribution in [3.63, 3.8) is 0 Å². The first kappa shape index (κ1) is 21.6. The lowest BCUT2D eigenvalue weighted by Crippen LogP contribution is -2.35. The largest absolute Gasteiger partial charge is 0.340 e. The fourth-order valence-electron chi connectivity index (χ4n) is 4.88. The lowest BCUT2D eigenvalue weighted by Gasteiger charge is -2.18. The molecule has 3 aromatic heterocycles. The fourth-order valence-corrected chi connectivity index (χ4v) is 6.56. The van der Waals surface area contributed by atoms with E-state index in [2.05, 4.69) is 25.7 Å². The van der Waals surface area contributed by atoms with E-state index in [0.717, 1.165) is 51.9 Å².